The van der Waals surface area contributed by atoms with Crippen LogP contribution in [-0.2, 0) is 21.4 Å². The van der Waals surface area contributed by atoms with E-state index in [9.17, 15) is 28.1 Å². The quantitative estimate of drug-likeness (QED) is 0.274. The first kappa shape index (κ1) is 25.2. The highest BCUT2D eigenvalue weighted by atomic mass is 32.2. The Morgan fingerprint density at radius 1 is 0.895 bits per heavy atom. The van der Waals surface area contributed by atoms with Crippen molar-refractivity contribution in [2.75, 3.05) is 31.1 Å². The third-order valence-corrected chi connectivity index (χ3v) is 8.47. The highest BCUT2D eigenvalue weighted by Crippen LogP contribution is 2.23. The fourth-order valence-corrected chi connectivity index (χ4v) is 6.17. The molecule has 38 heavy (non-hydrogen) atoms. The van der Waals surface area contributed by atoms with Gasteiger partial charge in [-0.05, 0) is 42.8 Å². The standard InChI is InChI=1S/C26H25N5O6S/c1-19-6-2-3-7-22(19)27-14-16-28(17-15-27)25(32)18-29-23-8-4-5-9-24(23)30(26(29)33)38(36,37)21-12-10-20(11-13-21)31(34)35/h2-13H,14-18H2,1H3. The lowest BCUT2D eigenvalue weighted by Gasteiger charge is -2.36. The van der Waals surface area contributed by atoms with Crippen LogP contribution in [0.5, 0.6) is 0 Å². The zero-order valence-corrected chi connectivity index (χ0v) is 21.4. The number of aryl methyl sites for hydroxylation is 1. The monoisotopic (exact) mass is 535 g/mol. The van der Waals surface area contributed by atoms with Crippen LogP contribution >= 0.6 is 0 Å². The molecule has 2 heterocycles. The first-order chi connectivity index (χ1) is 18.2. The summed E-state index contributed by atoms with van der Waals surface area (Å²) < 4.78 is 28.7. The highest BCUT2D eigenvalue weighted by molar-refractivity contribution is 7.90. The minimum absolute atomic E-state index is 0.119. The number of rotatable bonds is 6. The smallest absolute Gasteiger partial charge is 0.343 e. The number of para-hydroxylation sites is 3. The van der Waals surface area contributed by atoms with Gasteiger partial charge in [0, 0.05) is 44.0 Å². The van der Waals surface area contributed by atoms with E-state index < -0.39 is 20.6 Å². The number of carbonyl (C=O) groups excluding carboxylic acids is 1. The maximum Gasteiger partial charge on any atom is 0.343 e. The van der Waals surface area contributed by atoms with Gasteiger partial charge in [0.2, 0.25) is 5.91 Å². The Kier molecular flexibility index (Phi) is 6.49. The Labute approximate surface area is 218 Å². The lowest BCUT2D eigenvalue weighted by molar-refractivity contribution is -0.384. The van der Waals surface area contributed by atoms with Gasteiger partial charge in [-0.2, -0.15) is 3.97 Å². The summed E-state index contributed by atoms with van der Waals surface area (Å²) in [5.41, 5.74) is 1.54. The molecular weight excluding hydrogens is 510 g/mol. The number of hydrogen-bond donors (Lipinski definition) is 0. The van der Waals surface area contributed by atoms with Gasteiger partial charge in [0.25, 0.3) is 15.7 Å². The predicted molar refractivity (Wildman–Crippen MR) is 142 cm³/mol. The van der Waals surface area contributed by atoms with E-state index in [1.165, 1.54) is 6.07 Å². The average Bonchev–Trinajstić information content (AvgIpc) is 3.20. The van der Waals surface area contributed by atoms with Crippen molar-refractivity contribution < 1.29 is 18.1 Å². The van der Waals surface area contributed by atoms with Gasteiger partial charge in [-0.3, -0.25) is 19.5 Å². The van der Waals surface area contributed by atoms with Crippen LogP contribution in [0.25, 0.3) is 11.0 Å². The van der Waals surface area contributed by atoms with E-state index >= 15 is 0 Å². The second-order valence-electron chi connectivity index (χ2n) is 9.03. The van der Waals surface area contributed by atoms with E-state index in [1.54, 1.807) is 23.1 Å². The summed E-state index contributed by atoms with van der Waals surface area (Å²) in [5.74, 6) is -0.285. The van der Waals surface area contributed by atoms with E-state index in [1.807, 2.05) is 31.2 Å². The summed E-state index contributed by atoms with van der Waals surface area (Å²) >= 11 is 0. The van der Waals surface area contributed by atoms with Crippen molar-refractivity contribution in [1.29, 1.82) is 0 Å². The highest BCUT2D eigenvalue weighted by Gasteiger charge is 2.28. The molecule has 5 rings (SSSR count). The fourth-order valence-electron chi connectivity index (χ4n) is 4.76. The summed E-state index contributed by atoms with van der Waals surface area (Å²) in [5, 5.41) is 11.0. The van der Waals surface area contributed by atoms with Gasteiger partial charge in [0.15, 0.2) is 0 Å². The van der Waals surface area contributed by atoms with E-state index in [4.69, 9.17) is 0 Å². The van der Waals surface area contributed by atoms with Crippen molar-refractivity contribution in [3.05, 3.63) is 99.0 Å². The molecule has 1 aromatic heterocycles. The summed E-state index contributed by atoms with van der Waals surface area (Å²) in [6.07, 6.45) is 0. The van der Waals surface area contributed by atoms with E-state index in [2.05, 4.69) is 4.90 Å². The molecule has 4 aromatic rings. The third kappa shape index (κ3) is 4.43. The molecule has 0 saturated carbocycles. The van der Waals surface area contributed by atoms with Crippen molar-refractivity contribution in [2.24, 2.45) is 0 Å². The number of anilines is 1. The zero-order valence-electron chi connectivity index (χ0n) is 20.6. The molecule has 11 nitrogen and oxygen atoms in total. The summed E-state index contributed by atoms with van der Waals surface area (Å²) in [4.78, 5) is 40.6. The predicted octanol–water partition coefficient (Wildman–Crippen LogP) is 2.61. The van der Waals surface area contributed by atoms with Crippen molar-refractivity contribution >= 4 is 38.3 Å². The largest absolute Gasteiger partial charge is 0.368 e. The Balaban J connectivity index is 1.42. The number of nitrogens with zero attached hydrogens (tertiary/aromatic N) is 5. The molecule has 0 N–H and O–H groups in total. The maximum absolute atomic E-state index is 13.4. The zero-order chi connectivity index (χ0) is 27.0. The number of piperazine rings is 1. The van der Waals surface area contributed by atoms with E-state index in [0.717, 1.165) is 40.1 Å². The van der Waals surface area contributed by atoms with Gasteiger partial charge in [0.05, 0.1) is 20.9 Å². The minimum Gasteiger partial charge on any atom is -0.368 e. The van der Waals surface area contributed by atoms with Crippen LogP contribution < -0.4 is 10.6 Å². The van der Waals surface area contributed by atoms with Crippen molar-refractivity contribution in [3.63, 3.8) is 0 Å². The molecule has 1 fully saturated rings. The van der Waals surface area contributed by atoms with Crippen molar-refractivity contribution in [1.82, 2.24) is 13.4 Å². The number of amides is 1. The van der Waals surface area contributed by atoms with Crippen molar-refractivity contribution in [2.45, 2.75) is 18.4 Å². The van der Waals surface area contributed by atoms with Gasteiger partial charge in [-0.25, -0.2) is 13.2 Å². The normalized spacial score (nSPS) is 14.1. The SMILES string of the molecule is Cc1ccccc1N1CCN(C(=O)Cn2c(=O)n(S(=O)(=O)c3ccc([N+](=O)[O-])cc3)c3ccccc32)CC1. The van der Waals surface area contributed by atoms with Crippen LogP contribution in [0.1, 0.15) is 5.56 Å². The first-order valence-corrected chi connectivity index (χ1v) is 13.4. The second-order valence-corrected chi connectivity index (χ2v) is 10.8. The average molecular weight is 536 g/mol. The van der Waals surface area contributed by atoms with Crippen LogP contribution in [0, 0.1) is 17.0 Å². The molecule has 1 aliphatic heterocycles. The lowest BCUT2D eigenvalue weighted by Crippen LogP contribution is -2.50. The van der Waals surface area contributed by atoms with E-state index in [-0.39, 0.29) is 28.6 Å². The van der Waals surface area contributed by atoms with Crippen LogP contribution in [-0.4, -0.2) is 58.9 Å². The molecule has 12 heteroatoms. The number of aromatic nitrogens is 2. The van der Waals surface area contributed by atoms with Crippen LogP contribution in [0.3, 0.4) is 0 Å². The number of hydrogen-bond acceptors (Lipinski definition) is 7. The Morgan fingerprint density at radius 2 is 1.50 bits per heavy atom. The minimum atomic E-state index is -4.39. The molecule has 1 amide bonds. The fraction of sp³-hybridized carbons (Fsp3) is 0.231. The number of benzene rings is 3. The number of non-ortho nitro benzene ring substituents is 1. The van der Waals surface area contributed by atoms with Gasteiger partial charge < -0.3 is 9.80 Å². The molecule has 0 aliphatic carbocycles. The summed E-state index contributed by atoms with van der Waals surface area (Å²) in [7, 11) is -4.39. The van der Waals surface area contributed by atoms with Gasteiger partial charge in [-0.15, -0.1) is 0 Å². The number of nitro benzene ring substituents is 1. The van der Waals surface area contributed by atoms with Gasteiger partial charge >= 0.3 is 5.69 Å². The lowest BCUT2D eigenvalue weighted by atomic mass is 10.1. The van der Waals surface area contributed by atoms with Gasteiger partial charge in [-0.1, -0.05) is 30.3 Å². The first-order valence-electron chi connectivity index (χ1n) is 12.0. The van der Waals surface area contributed by atoms with Crippen LogP contribution in [0.2, 0.25) is 0 Å². The topological polar surface area (TPSA) is 128 Å². The summed E-state index contributed by atoms with van der Waals surface area (Å²) in [6.45, 7) is 3.96. The molecular formula is C26H25N5O6S. The van der Waals surface area contributed by atoms with Crippen LogP contribution in [0.15, 0.2) is 82.5 Å². The number of imidazole rings is 1. The second kappa shape index (κ2) is 9.78. The third-order valence-electron chi connectivity index (χ3n) is 6.76. The summed E-state index contributed by atoms with van der Waals surface area (Å²) in [6, 6.07) is 18.7. The number of carbonyl (C=O) groups is 1. The molecule has 0 unspecified atom stereocenters. The molecule has 1 aliphatic rings. The molecule has 0 atom stereocenters. The molecule has 3 aromatic carbocycles. The number of nitro groups is 1. The Hall–Kier alpha value is -4.45. The molecule has 1 saturated heterocycles. The molecule has 196 valence electrons. The van der Waals surface area contributed by atoms with Crippen LogP contribution in [0.4, 0.5) is 11.4 Å². The Bertz CT molecular complexity index is 1700. The number of fused-ring (bicyclic) bond motifs is 1. The molecule has 0 spiro atoms. The molecule has 0 bridgehead atoms. The van der Waals surface area contributed by atoms with Gasteiger partial charge in [0.1, 0.15) is 6.54 Å². The van der Waals surface area contributed by atoms with Crippen molar-refractivity contribution in [3.8, 4) is 0 Å². The van der Waals surface area contributed by atoms with E-state index in [0.29, 0.717) is 35.7 Å². The maximum atomic E-state index is 13.4. The molecule has 0 radical (unpaired) electrons. The Morgan fingerprint density at radius 3 is 2.13 bits per heavy atom.